The van der Waals surface area contributed by atoms with Gasteiger partial charge in [0.2, 0.25) is 5.91 Å². The van der Waals surface area contributed by atoms with Crippen molar-refractivity contribution >= 4 is 5.91 Å². The molecule has 3 N–H and O–H groups in total. The Morgan fingerprint density at radius 2 is 2.30 bits per heavy atom. The van der Waals surface area contributed by atoms with E-state index in [0.29, 0.717) is 6.54 Å². The van der Waals surface area contributed by atoms with Crippen molar-refractivity contribution in [3.8, 4) is 0 Å². The van der Waals surface area contributed by atoms with E-state index in [-0.39, 0.29) is 0 Å². The Labute approximate surface area is 60.6 Å². The van der Waals surface area contributed by atoms with E-state index in [1.807, 2.05) is 0 Å². The first kappa shape index (κ1) is 8.91. The highest BCUT2D eigenvalue weighted by atomic mass is 16.1. The van der Waals surface area contributed by atoms with Crippen molar-refractivity contribution in [2.24, 2.45) is 5.73 Å². The predicted octanol–water partition coefficient (Wildman–Crippen LogP) is -0.198. The van der Waals surface area contributed by atoms with Crippen molar-refractivity contribution < 1.29 is 4.79 Å². The summed E-state index contributed by atoms with van der Waals surface area (Å²) in [4.78, 5) is 10.5. The summed E-state index contributed by atoms with van der Waals surface area (Å²) in [5.41, 5.74) is 4.98. The third-order valence-electron chi connectivity index (χ3n) is 1.02. The number of hydrogen-bond donors (Lipinski definition) is 2. The number of nitrogens with one attached hydrogen (secondary N) is 1. The average molecular weight is 140 g/mol. The second-order valence-corrected chi connectivity index (χ2v) is 1.81. The van der Waals surface area contributed by atoms with Crippen molar-refractivity contribution in [1.82, 2.24) is 5.32 Å². The van der Waals surface area contributed by atoms with Gasteiger partial charge in [-0.2, -0.15) is 0 Å². The Hall–Kier alpha value is -1.09. The van der Waals surface area contributed by atoms with Crippen molar-refractivity contribution in [2.75, 3.05) is 6.54 Å². The van der Waals surface area contributed by atoms with E-state index in [4.69, 9.17) is 5.73 Å². The molecule has 1 atom stereocenters. The van der Waals surface area contributed by atoms with Crippen LogP contribution in [0, 0.1) is 0 Å². The minimum Gasteiger partial charge on any atom is -0.368 e. The normalized spacial score (nSPS) is 12.0. The van der Waals surface area contributed by atoms with Crippen molar-refractivity contribution in [2.45, 2.75) is 6.04 Å². The van der Waals surface area contributed by atoms with E-state index in [1.165, 1.54) is 6.08 Å². The maximum absolute atomic E-state index is 10.5. The first-order valence-electron chi connectivity index (χ1n) is 2.98. The van der Waals surface area contributed by atoms with Gasteiger partial charge < -0.3 is 5.73 Å². The lowest BCUT2D eigenvalue weighted by Gasteiger charge is -2.07. The molecule has 0 aromatic heterocycles. The van der Waals surface area contributed by atoms with Crippen LogP contribution in [0.4, 0.5) is 0 Å². The highest BCUT2D eigenvalue weighted by Crippen LogP contribution is 1.81. The van der Waals surface area contributed by atoms with Crippen LogP contribution in [0.3, 0.4) is 0 Å². The first-order valence-corrected chi connectivity index (χ1v) is 2.98. The SMILES string of the molecule is C=CCNC(C=C)C(N)=O. The molecule has 0 heterocycles. The fourth-order valence-electron chi connectivity index (χ4n) is 0.510. The van der Waals surface area contributed by atoms with E-state index in [2.05, 4.69) is 18.5 Å². The van der Waals surface area contributed by atoms with E-state index in [1.54, 1.807) is 6.08 Å². The van der Waals surface area contributed by atoms with Crippen LogP contribution >= 0.6 is 0 Å². The number of primary amides is 1. The van der Waals surface area contributed by atoms with Crippen molar-refractivity contribution in [3.05, 3.63) is 25.3 Å². The van der Waals surface area contributed by atoms with Gasteiger partial charge in [-0.1, -0.05) is 12.2 Å². The number of rotatable bonds is 5. The fourth-order valence-corrected chi connectivity index (χ4v) is 0.510. The average Bonchev–Trinajstić information content (AvgIpc) is 1.89. The summed E-state index contributed by atoms with van der Waals surface area (Å²) in [5.74, 6) is -0.420. The molecule has 1 amide bonds. The summed E-state index contributed by atoms with van der Waals surface area (Å²) in [6.07, 6.45) is 3.12. The van der Waals surface area contributed by atoms with Crippen LogP contribution in [-0.4, -0.2) is 18.5 Å². The molecule has 0 spiro atoms. The largest absolute Gasteiger partial charge is 0.368 e. The number of nitrogens with two attached hydrogens (primary N) is 1. The highest BCUT2D eigenvalue weighted by Gasteiger charge is 2.06. The van der Waals surface area contributed by atoms with E-state index >= 15 is 0 Å². The lowest BCUT2D eigenvalue weighted by molar-refractivity contribution is -0.118. The summed E-state index contributed by atoms with van der Waals surface area (Å²) >= 11 is 0. The van der Waals surface area contributed by atoms with Crippen LogP contribution in [-0.2, 0) is 4.79 Å². The zero-order valence-electron chi connectivity index (χ0n) is 5.84. The van der Waals surface area contributed by atoms with Crippen molar-refractivity contribution in [3.63, 3.8) is 0 Å². The van der Waals surface area contributed by atoms with Gasteiger partial charge in [-0.15, -0.1) is 13.2 Å². The van der Waals surface area contributed by atoms with Gasteiger partial charge in [0.05, 0.1) is 0 Å². The predicted molar refractivity (Wildman–Crippen MR) is 41.4 cm³/mol. The number of carbonyl (C=O) groups excluding carboxylic acids is 1. The number of hydrogen-bond acceptors (Lipinski definition) is 2. The summed E-state index contributed by atoms with van der Waals surface area (Å²) in [7, 11) is 0. The van der Waals surface area contributed by atoms with E-state index in [9.17, 15) is 4.79 Å². The Kier molecular flexibility index (Phi) is 4.24. The Balaban J connectivity index is 3.71. The Morgan fingerprint density at radius 1 is 1.70 bits per heavy atom. The van der Waals surface area contributed by atoms with Gasteiger partial charge in [-0.3, -0.25) is 10.1 Å². The zero-order valence-corrected chi connectivity index (χ0v) is 5.84. The van der Waals surface area contributed by atoms with Gasteiger partial charge in [-0.05, 0) is 0 Å². The zero-order chi connectivity index (χ0) is 7.98. The van der Waals surface area contributed by atoms with Gasteiger partial charge in [0.25, 0.3) is 0 Å². The van der Waals surface area contributed by atoms with Gasteiger partial charge in [0, 0.05) is 6.54 Å². The molecular formula is C7H12N2O. The van der Waals surface area contributed by atoms with Gasteiger partial charge >= 0.3 is 0 Å². The molecule has 0 aromatic rings. The monoisotopic (exact) mass is 140 g/mol. The quantitative estimate of drug-likeness (QED) is 0.520. The van der Waals surface area contributed by atoms with E-state index in [0.717, 1.165) is 0 Å². The van der Waals surface area contributed by atoms with E-state index < -0.39 is 11.9 Å². The standard InChI is InChI=1S/C7H12N2O/c1-3-5-9-6(4-2)7(8)10/h3-4,6,9H,1-2,5H2,(H2,8,10). The van der Waals surface area contributed by atoms with Crippen LogP contribution in [0.1, 0.15) is 0 Å². The molecule has 3 heteroatoms. The molecular weight excluding hydrogens is 128 g/mol. The van der Waals surface area contributed by atoms with Gasteiger partial charge in [0.15, 0.2) is 0 Å². The summed E-state index contributed by atoms with van der Waals surface area (Å²) in [6, 6.07) is -0.446. The molecule has 0 bridgehead atoms. The molecule has 0 aliphatic rings. The first-order chi connectivity index (χ1) is 4.72. The Morgan fingerprint density at radius 3 is 2.60 bits per heavy atom. The molecule has 0 aromatic carbocycles. The fraction of sp³-hybridized carbons (Fsp3) is 0.286. The minimum atomic E-state index is -0.446. The third-order valence-corrected chi connectivity index (χ3v) is 1.02. The molecule has 10 heavy (non-hydrogen) atoms. The molecule has 0 radical (unpaired) electrons. The molecule has 1 unspecified atom stereocenters. The van der Waals surface area contributed by atoms with Crippen LogP contribution in [0.2, 0.25) is 0 Å². The molecule has 56 valence electrons. The topological polar surface area (TPSA) is 55.1 Å². The maximum Gasteiger partial charge on any atom is 0.238 e. The smallest absolute Gasteiger partial charge is 0.238 e. The van der Waals surface area contributed by atoms with Gasteiger partial charge in [-0.25, -0.2) is 0 Å². The molecule has 0 fully saturated rings. The summed E-state index contributed by atoms with van der Waals surface area (Å²) < 4.78 is 0. The lowest BCUT2D eigenvalue weighted by Crippen LogP contribution is -2.39. The number of carbonyl (C=O) groups is 1. The Bertz CT molecular complexity index is 143. The molecule has 0 saturated carbocycles. The highest BCUT2D eigenvalue weighted by molar-refractivity contribution is 5.81. The maximum atomic E-state index is 10.5. The third kappa shape index (κ3) is 3.04. The molecule has 3 nitrogen and oxygen atoms in total. The molecule has 0 rings (SSSR count). The molecule has 0 aliphatic carbocycles. The summed E-state index contributed by atoms with van der Waals surface area (Å²) in [6.45, 7) is 7.47. The minimum absolute atomic E-state index is 0.420. The molecule has 0 saturated heterocycles. The lowest BCUT2D eigenvalue weighted by atomic mass is 10.3. The second-order valence-electron chi connectivity index (χ2n) is 1.81. The molecule has 0 aliphatic heterocycles. The summed E-state index contributed by atoms with van der Waals surface area (Å²) in [5, 5.41) is 2.81. The van der Waals surface area contributed by atoms with Crippen LogP contribution < -0.4 is 11.1 Å². The second kappa shape index (κ2) is 4.76. The van der Waals surface area contributed by atoms with Crippen molar-refractivity contribution in [1.29, 1.82) is 0 Å². The number of amides is 1. The van der Waals surface area contributed by atoms with Crippen LogP contribution in [0.25, 0.3) is 0 Å². The van der Waals surface area contributed by atoms with Crippen LogP contribution in [0.5, 0.6) is 0 Å². The van der Waals surface area contributed by atoms with Gasteiger partial charge in [0.1, 0.15) is 6.04 Å². The van der Waals surface area contributed by atoms with Crippen LogP contribution in [0.15, 0.2) is 25.3 Å².